The molecule has 1 saturated heterocycles. The molecular weight excluding hydrogens is 199 g/mol. The van der Waals surface area contributed by atoms with Crippen LogP contribution in [0.3, 0.4) is 0 Å². The number of hydrogen-bond donors (Lipinski definition) is 1. The van der Waals surface area contributed by atoms with Crippen LogP contribution in [0.25, 0.3) is 0 Å². The fourth-order valence-electron chi connectivity index (χ4n) is 1.93. The first-order valence-electron chi connectivity index (χ1n) is 5.06. The second kappa shape index (κ2) is 4.14. The lowest BCUT2D eigenvalue weighted by molar-refractivity contribution is 0.355. The van der Waals surface area contributed by atoms with Crippen LogP contribution < -0.4 is 10.2 Å². The summed E-state index contributed by atoms with van der Waals surface area (Å²) >= 11 is 0. The summed E-state index contributed by atoms with van der Waals surface area (Å²) in [6.45, 7) is 2.79. The smallest absolute Gasteiger partial charge is 0.318 e. The zero-order chi connectivity index (χ0) is 10.8. The minimum atomic E-state index is -0.810. The highest BCUT2D eigenvalue weighted by Gasteiger charge is 2.34. The Morgan fingerprint density at radius 3 is 3.00 bits per heavy atom. The number of nitrogens with zero attached hydrogens (tertiary/aromatic N) is 3. The maximum Gasteiger partial charge on any atom is 0.318 e. The van der Waals surface area contributed by atoms with Gasteiger partial charge in [-0.1, -0.05) is 5.10 Å². The summed E-state index contributed by atoms with van der Waals surface area (Å²) in [6, 6.07) is 0.526. The van der Waals surface area contributed by atoms with Gasteiger partial charge < -0.3 is 14.6 Å². The summed E-state index contributed by atoms with van der Waals surface area (Å²) < 4.78 is 18.6. The summed E-state index contributed by atoms with van der Waals surface area (Å²) in [5, 5.41) is 10.7. The Morgan fingerprint density at radius 1 is 1.60 bits per heavy atom. The Hall–Kier alpha value is -1.17. The molecule has 1 aliphatic rings. The summed E-state index contributed by atoms with van der Waals surface area (Å²) in [5.74, 6) is 0.510. The molecule has 1 N–H and O–H groups in total. The molecule has 1 aromatic rings. The SMILES string of the molecule is CNC[C@H]1C[C@H](F)CN1c1nnc(C)o1. The molecule has 0 unspecified atom stereocenters. The molecule has 0 bridgehead atoms. The molecule has 0 spiro atoms. The van der Waals surface area contributed by atoms with Gasteiger partial charge in [-0.25, -0.2) is 4.39 Å². The molecule has 0 amide bonds. The standard InChI is InChI=1S/C9H15FN4O/c1-6-12-13-9(15-6)14-5-7(10)3-8(14)4-11-2/h7-8,11H,3-5H2,1-2H3/t7-,8+/m0/s1. The third kappa shape index (κ3) is 2.09. The van der Waals surface area contributed by atoms with Gasteiger partial charge in [0.2, 0.25) is 5.89 Å². The van der Waals surface area contributed by atoms with Gasteiger partial charge in [-0.05, 0) is 7.05 Å². The van der Waals surface area contributed by atoms with Crippen LogP contribution >= 0.6 is 0 Å². The number of rotatable bonds is 3. The van der Waals surface area contributed by atoms with Crippen LogP contribution in [0.1, 0.15) is 12.3 Å². The molecular formula is C9H15FN4O. The molecule has 2 heterocycles. The van der Waals surface area contributed by atoms with Crippen LogP contribution in [0.5, 0.6) is 0 Å². The minimum absolute atomic E-state index is 0.102. The number of nitrogens with one attached hydrogen (secondary N) is 1. The van der Waals surface area contributed by atoms with Crippen molar-refractivity contribution in [3.8, 4) is 0 Å². The predicted octanol–water partition coefficient (Wildman–Crippen LogP) is 0.514. The summed E-state index contributed by atoms with van der Waals surface area (Å²) in [4.78, 5) is 1.83. The molecule has 1 aliphatic heterocycles. The Morgan fingerprint density at radius 2 is 2.40 bits per heavy atom. The maximum atomic E-state index is 13.3. The molecule has 0 aliphatic carbocycles. The van der Waals surface area contributed by atoms with Crippen LogP contribution in [-0.4, -0.2) is 42.5 Å². The van der Waals surface area contributed by atoms with E-state index >= 15 is 0 Å². The van der Waals surface area contributed by atoms with E-state index in [0.29, 0.717) is 24.9 Å². The van der Waals surface area contributed by atoms with E-state index in [1.807, 2.05) is 11.9 Å². The number of hydrogen-bond acceptors (Lipinski definition) is 5. The van der Waals surface area contributed by atoms with Gasteiger partial charge in [-0.3, -0.25) is 0 Å². The quantitative estimate of drug-likeness (QED) is 0.794. The average Bonchev–Trinajstić information content (AvgIpc) is 2.73. The highest BCUT2D eigenvalue weighted by Crippen LogP contribution is 2.25. The Kier molecular flexibility index (Phi) is 2.86. The fraction of sp³-hybridized carbons (Fsp3) is 0.778. The van der Waals surface area contributed by atoms with Crippen LogP contribution in [0, 0.1) is 6.92 Å². The molecule has 6 heteroatoms. The second-order valence-corrected chi connectivity index (χ2v) is 3.80. The second-order valence-electron chi connectivity index (χ2n) is 3.80. The van der Waals surface area contributed by atoms with Gasteiger partial charge in [-0.15, -0.1) is 5.10 Å². The predicted molar refractivity (Wildman–Crippen MR) is 53.6 cm³/mol. The van der Waals surface area contributed by atoms with Crippen molar-refractivity contribution in [3.63, 3.8) is 0 Å². The van der Waals surface area contributed by atoms with Gasteiger partial charge in [-0.2, -0.15) is 0 Å². The van der Waals surface area contributed by atoms with E-state index in [1.165, 1.54) is 0 Å². The zero-order valence-electron chi connectivity index (χ0n) is 8.90. The van der Waals surface area contributed by atoms with Crippen LogP contribution in [-0.2, 0) is 0 Å². The van der Waals surface area contributed by atoms with Crippen molar-refractivity contribution in [2.24, 2.45) is 0 Å². The van der Waals surface area contributed by atoms with Gasteiger partial charge >= 0.3 is 6.01 Å². The Balaban J connectivity index is 2.12. The van der Waals surface area contributed by atoms with E-state index in [9.17, 15) is 4.39 Å². The van der Waals surface area contributed by atoms with E-state index in [-0.39, 0.29) is 6.04 Å². The zero-order valence-corrected chi connectivity index (χ0v) is 8.90. The van der Waals surface area contributed by atoms with Crippen molar-refractivity contribution in [2.45, 2.75) is 25.6 Å². The topological polar surface area (TPSA) is 54.2 Å². The number of aromatic nitrogens is 2. The van der Waals surface area contributed by atoms with Gasteiger partial charge in [0, 0.05) is 25.9 Å². The molecule has 2 rings (SSSR count). The molecule has 5 nitrogen and oxygen atoms in total. The number of aryl methyl sites for hydroxylation is 1. The van der Waals surface area contributed by atoms with E-state index in [4.69, 9.17) is 4.42 Å². The first-order chi connectivity index (χ1) is 7.20. The molecule has 0 saturated carbocycles. The highest BCUT2D eigenvalue weighted by atomic mass is 19.1. The first kappa shape index (κ1) is 10.4. The lowest BCUT2D eigenvalue weighted by Gasteiger charge is -2.21. The van der Waals surface area contributed by atoms with Crippen molar-refractivity contribution in [1.29, 1.82) is 0 Å². The van der Waals surface area contributed by atoms with E-state index < -0.39 is 6.17 Å². The van der Waals surface area contributed by atoms with Gasteiger partial charge in [0.1, 0.15) is 6.17 Å². The summed E-state index contributed by atoms with van der Waals surface area (Å²) in [7, 11) is 1.85. The van der Waals surface area contributed by atoms with Crippen LogP contribution in [0.4, 0.5) is 10.4 Å². The van der Waals surface area contributed by atoms with Gasteiger partial charge in [0.05, 0.1) is 6.54 Å². The normalized spacial score (nSPS) is 26.2. The lowest BCUT2D eigenvalue weighted by atomic mass is 10.2. The molecule has 1 fully saturated rings. The van der Waals surface area contributed by atoms with Gasteiger partial charge in [0.25, 0.3) is 0 Å². The minimum Gasteiger partial charge on any atom is -0.408 e. The molecule has 1 aromatic heterocycles. The first-order valence-corrected chi connectivity index (χ1v) is 5.06. The fourth-order valence-corrected chi connectivity index (χ4v) is 1.93. The number of alkyl halides is 1. The Bertz CT molecular complexity index is 330. The van der Waals surface area contributed by atoms with Crippen molar-refractivity contribution in [1.82, 2.24) is 15.5 Å². The lowest BCUT2D eigenvalue weighted by Crippen LogP contribution is -2.37. The third-order valence-corrected chi connectivity index (χ3v) is 2.56. The van der Waals surface area contributed by atoms with Crippen LogP contribution in [0.2, 0.25) is 0 Å². The molecule has 84 valence electrons. The number of anilines is 1. The highest BCUT2D eigenvalue weighted by molar-refractivity contribution is 5.30. The third-order valence-electron chi connectivity index (χ3n) is 2.56. The average molecular weight is 214 g/mol. The van der Waals surface area contributed by atoms with E-state index in [0.717, 1.165) is 6.54 Å². The number of likely N-dealkylation sites (N-methyl/N-ethyl adjacent to an activating group) is 1. The largest absolute Gasteiger partial charge is 0.408 e. The van der Waals surface area contributed by atoms with E-state index in [2.05, 4.69) is 15.5 Å². The van der Waals surface area contributed by atoms with Crippen molar-refractivity contribution in [3.05, 3.63) is 5.89 Å². The number of halogens is 1. The molecule has 2 atom stereocenters. The summed E-state index contributed by atoms with van der Waals surface area (Å²) in [6.07, 6.45) is -0.294. The van der Waals surface area contributed by atoms with Crippen molar-refractivity contribution in [2.75, 3.05) is 25.0 Å². The Labute approximate surface area is 87.7 Å². The van der Waals surface area contributed by atoms with E-state index in [1.54, 1.807) is 6.92 Å². The maximum absolute atomic E-state index is 13.3. The molecule has 15 heavy (non-hydrogen) atoms. The molecule has 0 aromatic carbocycles. The monoisotopic (exact) mass is 214 g/mol. The van der Waals surface area contributed by atoms with Crippen molar-refractivity contribution >= 4 is 6.01 Å². The van der Waals surface area contributed by atoms with Gasteiger partial charge in [0.15, 0.2) is 0 Å². The van der Waals surface area contributed by atoms with Crippen LogP contribution in [0.15, 0.2) is 4.42 Å². The van der Waals surface area contributed by atoms with Crippen molar-refractivity contribution < 1.29 is 8.81 Å². The summed E-state index contributed by atoms with van der Waals surface area (Å²) in [5.41, 5.74) is 0. The molecule has 0 radical (unpaired) electrons.